The van der Waals surface area contributed by atoms with Gasteiger partial charge in [-0.3, -0.25) is 14.9 Å². The standard InChI is InChI=1S/C23H18N2O3/c1-12(2)20-17(14-7-3-4-9-16(14)24-20)19-18(22(26)25-23(19)27)15-8-5-6-13-10-11-28-21(13)15/h3-12,24H,1-2H3,(H,25,26,27). The van der Waals surface area contributed by atoms with Crippen LogP contribution in [0.25, 0.3) is 33.0 Å². The number of carbonyl (C=O) groups is 2. The van der Waals surface area contributed by atoms with Gasteiger partial charge in [-0.2, -0.15) is 0 Å². The summed E-state index contributed by atoms with van der Waals surface area (Å²) in [6.45, 7) is 4.13. The predicted molar refractivity (Wildman–Crippen MR) is 109 cm³/mol. The van der Waals surface area contributed by atoms with E-state index in [0.717, 1.165) is 27.5 Å². The fraction of sp³-hybridized carbons (Fsp3) is 0.130. The Bertz CT molecular complexity index is 1300. The lowest BCUT2D eigenvalue weighted by atomic mass is 9.91. The van der Waals surface area contributed by atoms with Crippen molar-refractivity contribution >= 4 is 44.8 Å². The first-order chi connectivity index (χ1) is 13.6. The van der Waals surface area contributed by atoms with Crippen LogP contribution in [-0.2, 0) is 9.59 Å². The van der Waals surface area contributed by atoms with E-state index in [1.54, 1.807) is 6.26 Å². The lowest BCUT2D eigenvalue weighted by Crippen LogP contribution is -2.23. The minimum absolute atomic E-state index is 0.152. The first-order valence-corrected chi connectivity index (χ1v) is 9.23. The molecule has 0 fully saturated rings. The van der Waals surface area contributed by atoms with E-state index in [-0.39, 0.29) is 11.8 Å². The van der Waals surface area contributed by atoms with Gasteiger partial charge in [-0.15, -0.1) is 0 Å². The van der Waals surface area contributed by atoms with Crippen LogP contribution in [0, 0.1) is 0 Å². The van der Waals surface area contributed by atoms with Crippen molar-refractivity contribution in [3.8, 4) is 0 Å². The third kappa shape index (κ3) is 2.26. The SMILES string of the molecule is CC(C)c1[nH]c2ccccc2c1C1=C(c2cccc3ccoc23)C(=O)NC1=O. The largest absolute Gasteiger partial charge is 0.464 e. The van der Waals surface area contributed by atoms with Gasteiger partial charge in [0.1, 0.15) is 5.58 Å². The summed E-state index contributed by atoms with van der Waals surface area (Å²) < 4.78 is 5.64. The number of amides is 2. The molecule has 4 aromatic rings. The number of rotatable bonds is 3. The minimum Gasteiger partial charge on any atom is -0.464 e. The Morgan fingerprint density at radius 2 is 1.68 bits per heavy atom. The number of aromatic nitrogens is 1. The third-order valence-electron chi connectivity index (χ3n) is 5.24. The van der Waals surface area contributed by atoms with Crippen LogP contribution in [0.4, 0.5) is 0 Å². The van der Waals surface area contributed by atoms with Crippen molar-refractivity contribution in [2.24, 2.45) is 0 Å². The molecule has 0 spiro atoms. The van der Waals surface area contributed by atoms with Crippen LogP contribution in [0.5, 0.6) is 0 Å². The Balaban J connectivity index is 1.91. The monoisotopic (exact) mass is 370 g/mol. The number of imide groups is 1. The fourth-order valence-electron chi connectivity index (χ4n) is 4.01. The highest BCUT2D eigenvalue weighted by molar-refractivity contribution is 6.50. The number of nitrogens with one attached hydrogen (secondary N) is 2. The molecule has 2 amide bonds. The lowest BCUT2D eigenvalue weighted by molar-refractivity contribution is -0.122. The average Bonchev–Trinajstić information content (AvgIpc) is 3.36. The van der Waals surface area contributed by atoms with Gasteiger partial charge in [0, 0.05) is 33.1 Å². The van der Waals surface area contributed by atoms with E-state index in [4.69, 9.17) is 4.42 Å². The summed E-state index contributed by atoms with van der Waals surface area (Å²) >= 11 is 0. The van der Waals surface area contributed by atoms with E-state index < -0.39 is 5.91 Å². The number of aromatic amines is 1. The van der Waals surface area contributed by atoms with Gasteiger partial charge >= 0.3 is 0 Å². The summed E-state index contributed by atoms with van der Waals surface area (Å²) in [5.41, 5.74) is 4.65. The molecular formula is C23H18N2O3. The summed E-state index contributed by atoms with van der Waals surface area (Å²) in [6.07, 6.45) is 1.59. The minimum atomic E-state index is -0.399. The number of furan rings is 1. The van der Waals surface area contributed by atoms with Crippen molar-refractivity contribution in [3.05, 3.63) is 71.6 Å². The van der Waals surface area contributed by atoms with Gasteiger partial charge in [0.25, 0.3) is 11.8 Å². The van der Waals surface area contributed by atoms with Crippen LogP contribution in [0.3, 0.4) is 0 Å². The van der Waals surface area contributed by atoms with Crippen LogP contribution in [-0.4, -0.2) is 16.8 Å². The highest BCUT2D eigenvalue weighted by atomic mass is 16.3. The van der Waals surface area contributed by atoms with E-state index in [0.29, 0.717) is 22.3 Å². The molecule has 0 saturated carbocycles. The molecule has 0 aliphatic carbocycles. The second-order valence-corrected chi connectivity index (χ2v) is 7.29. The van der Waals surface area contributed by atoms with Crippen molar-refractivity contribution < 1.29 is 14.0 Å². The number of para-hydroxylation sites is 2. The second kappa shape index (κ2) is 5.96. The van der Waals surface area contributed by atoms with Gasteiger partial charge < -0.3 is 9.40 Å². The summed E-state index contributed by atoms with van der Waals surface area (Å²) in [4.78, 5) is 29.2. The van der Waals surface area contributed by atoms with E-state index in [2.05, 4.69) is 24.1 Å². The van der Waals surface area contributed by atoms with E-state index in [1.165, 1.54) is 0 Å². The molecule has 5 nitrogen and oxygen atoms in total. The number of H-pyrrole nitrogens is 1. The number of carbonyl (C=O) groups excluding carboxylic acids is 2. The van der Waals surface area contributed by atoms with Gasteiger partial charge in [0.15, 0.2) is 0 Å². The fourth-order valence-corrected chi connectivity index (χ4v) is 4.01. The van der Waals surface area contributed by atoms with Crippen LogP contribution in [0.1, 0.15) is 36.6 Å². The molecule has 0 atom stereocenters. The Morgan fingerprint density at radius 1 is 0.893 bits per heavy atom. The third-order valence-corrected chi connectivity index (χ3v) is 5.24. The molecule has 1 aliphatic rings. The van der Waals surface area contributed by atoms with Crippen molar-refractivity contribution in [2.75, 3.05) is 0 Å². The zero-order valence-corrected chi connectivity index (χ0v) is 15.5. The topological polar surface area (TPSA) is 75.1 Å². The normalized spacial score (nSPS) is 14.7. The molecule has 0 saturated heterocycles. The van der Waals surface area contributed by atoms with Crippen LogP contribution >= 0.6 is 0 Å². The molecule has 1 aliphatic heterocycles. The Morgan fingerprint density at radius 3 is 2.50 bits per heavy atom. The van der Waals surface area contributed by atoms with Gasteiger partial charge in [-0.1, -0.05) is 50.2 Å². The summed E-state index contributed by atoms with van der Waals surface area (Å²) in [7, 11) is 0. The Hall–Kier alpha value is -3.60. The molecule has 2 aromatic carbocycles. The van der Waals surface area contributed by atoms with Gasteiger partial charge in [0.2, 0.25) is 0 Å². The maximum absolute atomic E-state index is 12.9. The summed E-state index contributed by atoms with van der Waals surface area (Å²) in [5, 5.41) is 4.30. The maximum Gasteiger partial charge on any atom is 0.259 e. The zero-order valence-electron chi connectivity index (χ0n) is 15.5. The molecule has 0 unspecified atom stereocenters. The van der Waals surface area contributed by atoms with E-state index >= 15 is 0 Å². The Kier molecular flexibility index (Phi) is 3.52. The number of fused-ring (bicyclic) bond motifs is 2. The summed E-state index contributed by atoms with van der Waals surface area (Å²) in [5.74, 6) is -0.627. The van der Waals surface area contributed by atoms with Gasteiger partial charge in [-0.25, -0.2) is 0 Å². The molecule has 3 heterocycles. The molecule has 2 N–H and O–H groups in total. The maximum atomic E-state index is 12.9. The summed E-state index contributed by atoms with van der Waals surface area (Å²) in [6, 6.07) is 15.3. The molecular weight excluding hydrogens is 352 g/mol. The number of hydrogen-bond donors (Lipinski definition) is 2. The van der Waals surface area contributed by atoms with Crippen molar-refractivity contribution in [3.63, 3.8) is 0 Å². The highest BCUT2D eigenvalue weighted by Gasteiger charge is 2.36. The van der Waals surface area contributed by atoms with Gasteiger partial charge in [0.05, 0.1) is 17.4 Å². The first kappa shape index (κ1) is 16.6. The predicted octanol–water partition coefficient (Wildman–Crippen LogP) is 4.60. The zero-order chi connectivity index (χ0) is 19.4. The number of hydrogen-bond acceptors (Lipinski definition) is 3. The highest BCUT2D eigenvalue weighted by Crippen LogP contribution is 2.40. The average molecular weight is 370 g/mol. The smallest absolute Gasteiger partial charge is 0.259 e. The van der Waals surface area contributed by atoms with Crippen LogP contribution < -0.4 is 5.32 Å². The molecule has 2 aromatic heterocycles. The van der Waals surface area contributed by atoms with E-state index in [9.17, 15) is 9.59 Å². The molecule has 138 valence electrons. The van der Waals surface area contributed by atoms with E-state index in [1.807, 2.05) is 48.5 Å². The van der Waals surface area contributed by atoms with Gasteiger partial charge in [-0.05, 0) is 18.1 Å². The lowest BCUT2D eigenvalue weighted by Gasteiger charge is -2.10. The molecule has 0 radical (unpaired) electrons. The molecule has 5 heteroatoms. The molecule has 5 rings (SSSR count). The molecule has 28 heavy (non-hydrogen) atoms. The number of benzene rings is 2. The van der Waals surface area contributed by atoms with Crippen molar-refractivity contribution in [1.82, 2.24) is 10.3 Å². The second-order valence-electron chi connectivity index (χ2n) is 7.29. The first-order valence-electron chi connectivity index (χ1n) is 9.23. The van der Waals surface area contributed by atoms with Crippen molar-refractivity contribution in [2.45, 2.75) is 19.8 Å². The van der Waals surface area contributed by atoms with Crippen LogP contribution in [0.15, 0.2) is 59.2 Å². The molecule has 0 bridgehead atoms. The van der Waals surface area contributed by atoms with Crippen molar-refractivity contribution in [1.29, 1.82) is 0 Å². The Labute approximate surface area is 161 Å². The van der Waals surface area contributed by atoms with Crippen LogP contribution in [0.2, 0.25) is 0 Å². The quantitative estimate of drug-likeness (QED) is 0.517.